The Morgan fingerprint density at radius 1 is 0.750 bits per heavy atom. The van der Waals surface area contributed by atoms with E-state index in [0.717, 1.165) is 54.6 Å². The van der Waals surface area contributed by atoms with Crippen molar-refractivity contribution >= 4 is 5.97 Å². The maximum atomic E-state index is 12.9. The van der Waals surface area contributed by atoms with E-state index in [2.05, 4.69) is 54.2 Å². The number of esters is 1. The summed E-state index contributed by atoms with van der Waals surface area (Å²) in [6, 6.07) is 20.4. The number of ether oxygens (including phenoxy) is 6. The molecule has 52 heavy (non-hydrogen) atoms. The molecule has 0 unspecified atom stereocenters. The van der Waals surface area contributed by atoms with E-state index in [4.69, 9.17) is 28.4 Å². The molecule has 9 heteroatoms. The Morgan fingerprint density at radius 2 is 1.40 bits per heavy atom. The van der Waals surface area contributed by atoms with Gasteiger partial charge >= 0.3 is 5.97 Å². The van der Waals surface area contributed by atoms with Crippen LogP contribution in [0, 0.1) is 0 Å². The molecule has 0 saturated carbocycles. The highest BCUT2D eigenvalue weighted by molar-refractivity contribution is 5.75. The molecule has 4 heterocycles. The van der Waals surface area contributed by atoms with Crippen molar-refractivity contribution in [2.24, 2.45) is 0 Å². The number of rotatable bonds is 6. The summed E-state index contributed by atoms with van der Waals surface area (Å²) in [5.41, 5.74) is 7.89. The van der Waals surface area contributed by atoms with Gasteiger partial charge in [-0.05, 0) is 124 Å². The largest absolute Gasteiger partial charge is 0.493 e. The number of carbonyl (C=O) groups excluding carboxylic acids is 1. The van der Waals surface area contributed by atoms with E-state index in [9.17, 15) is 4.79 Å². The molecule has 0 saturated heterocycles. The molecule has 0 aromatic heterocycles. The van der Waals surface area contributed by atoms with Crippen LogP contribution in [-0.2, 0) is 30.5 Å². The van der Waals surface area contributed by atoms with Crippen LogP contribution in [0.4, 0.5) is 0 Å². The van der Waals surface area contributed by atoms with E-state index in [1.54, 1.807) is 21.3 Å². The highest BCUT2D eigenvalue weighted by Gasteiger charge is 2.35. The quantitative estimate of drug-likeness (QED) is 0.112. The average Bonchev–Trinajstić information content (AvgIpc) is 3.14. The minimum Gasteiger partial charge on any atom is -0.493 e. The van der Waals surface area contributed by atoms with E-state index in [1.165, 1.54) is 16.7 Å². The van der Waals surface area contributed by atoms with Crippen LogP contribution in [0.1, 0.15) is 65.7 Å². The number of nitrogens with zero attached hydrogens (tertiary/aromatic N) is 2. The average molecular weight is 705 g/mol. The van der Waals surface area contributed by atoms with E-state index < -0.39 is 0 Å². The first kappa shape index (κ1) is 35.4. The summed E-state index contributed by atoms with van der Waals surface area (Å²) in [6.45, 7) is 5.70. The van der Waals surface area contributed by atoms with Crippen LogP contribution in [0.2, 0.25) is 0 Å². The Kier molecular flexibility index (Phi) is 10.2. The molecule has 272 valence electrons. The van der Waals surface area contributed by atoms with Crippen molar-refractivity contribution in [2.45, 2.75) is 58.0 Å². The van der Waals surface area contributed by atoms with Crippen molar-refractivity contribution in [1.29, 1.82) is 0 Å². The normalized spacial score (nSPS) is 18.1. The lowest BCUT2D eigenvalue weighted by Gasteiger charge is -2.37. The van der Waals surface area contributed by atoms with Gasteiger partial charge in [-0.25, -0.2) is 0 Å². The molecule has 0 amide bonds. The van der Waals surface area contributed by atoms with Crippen LogP contribution < -0.4 is 28.4 Å². The summed E-state index contributed by atoms with van der Waals surface area (Å²) in [4.78, 5) is 17.6. The van der Waals surface area contributed by atoms with Gasteiger partial charge in [0.05, 0.1) is 27.8 Å². The number of methoxy groups -OCH3 is 3. The predicted molar refractivity (Wildman–Crippen MR) is 201 cm³/mol. The van der Waals surface area contributed by atoms with Crippen molar-refractivity contribution in [2.75, 3.05) is 48.5 Å². The molecule has 4 aromatic rings. The Hall–Kier alpha value is -4.99. The van der Waals surface area contributed by atoms with Gasteiger partial charge in [0.2, 0.25) is 5.75 Å². The van der Waals surface area contributed by atoms with Crippen molar-refractivity contribution < 1.29 is 33.2 Å². The van der Waals surface area contributed by atoms with Gasteiger partial charge < -0.3 is 28.4 Å². The molecule has 2 atom stereocenters. The lowest BCUT2D eigenvalue weighted by molar-refractivity contribution is -0.133. The first-order valence-corrected chi connectivity index (χ1v) is 18.0. The topological polar surface area (TPSA) is 78.9 Å². The van der Waals surface area contributed by atoms with Gasteiger partial charge in [0.15, 0.2) is 34.5 Å². The van der Waals surface area contributed by atoms with E-state index in [0.29, 0.717) is 52.4 Å². The molecule has 4 aromatic carbocycles. The van der Waals surface area contributed by atoms with Crippen LogP contribution in [0.25, 0.3) is 0 Å². The monoisotopic (exact) mass is 704 g/mol. The van der Waals surface area contributed by atoms with Crippen molar-refractivity contribution in [3.05, 3.63) is 106 Å². The highest BCUT2D eigenvalue weighted by Crippen LogP contribution is 2.52. The summed E-state index contributed by atoms with van der Waals surface area (Å²) in [6.07, 6.45) is 5.20. The van der Waals surface area contributed by atoms with Crippen molar-refractivity contribution in [3.63, 3.8) is 0 Å². The number of hydrogen-bond donors (Lipinski definition) is 0. The first-order valence-electron chi connectivity index (χ1n) is 18.0. The van der Waals surface area contributed by atoms with Crippen molar-refractivity contribution in [3.8, 4) is 46.0 Å². The Labute approximate surface area is 306 Å². The van der Waals surface area contributed by atoms with Gasteiger partial charge in [0.1, 0.15) is 5.75 Å². The first-order chi connectivity index (χ1) is 25.1. The van der Waals surface area contributed by atoms with Crippen LogP contribution >= 0.6 is 0 Å². The third-order valence-electron chi connectivity index (χ3n) is 10.5. The van der Waals surface area contributed by atoms with Gasteiger partial charge in [-0.3, -0.25) is 14.6 Å². The molecule has 8 rings (SSSR count). The summed E-state index contributed by atoms with van der Waals surface area (Å²) < 4.78 is 37.4. The number of hydrogen-bond acceptors (Lipinski definition) is 9. The van der Waals surface area contributed by atoms with E-state index in [1.807, 2.05) is 50.3 Å². The standard InChI is InChI=1S/C43H48N2O7/c1-26(2)8-15-40(46)51-35-14-11-28-21-34-41-30(17-19-45(34)4)24-39(48-6)42(49-7)43(41)52-38-25-32-29(23-36(38)47-5)16-18-44(3)33(32)20-27-9-12-31(13-10-27)50-37(35)22-28/h8-14,22-25,33-34H,15-21H2,1-7H3/t33-,34+/m0/s1. The summed E-state index contributed by atoms with van der Waals surface area (Å²) >= 11 is 0. The fourth-order valence-corrected chi connectivity index (χ4v) is 7.64. The fraction of sp³-hybridized carbons (Fsp3) is 0.372. The molecule has 0 aliphatic carbocycles. The molecule has 0 radical (unpaired) electrons. The predicted octanol–water partition coefficient (Wildman–Crippen LogP) is 8.42. The zero-order chi connectivity index (χ0) is 36.5. The second-order valence-electron chi connectivity index (χ2n) is 14.2. The summed E-state index contributed by atoms with van der Waals surface area (Å²) in [7, 11) is 9.32. The maximum absolute atomic E-state index is 12.9. The van der Waals surface area contributed by atoms with Gasteiger partial charge in [-0.15, -0.1) is 0 Å². The van der Waals surface area contributed by atoms with Crippen LogP contribution in [0.5, 0.6) is 46.0 Å². The molecule has 6 bridgehead atoms. The van der Waals surface area contributed by atoms with Gasteiger partial charge in [0, 0.05) is 30.7 Å². The molecule has 0 fully saturated rings. The highest BCUT2D eigenvalue weighted by atomic mass is 16.6. The smallest absolute Gasteiger partial charge is 0.315 e. The Morgan fingerprint density at radius 3 is 2.12 bits per heavy atom. The van der Waals surface area contributed by atoms with Crippen LogP contribution in [-0.4, -0.2) is 64.3 Å². The summed E-state index contributed by atoms with van der Waals surface area (Å²) in [5.74, 6) is 4.26. The van der Waals surface area contributed by atoms with Crippen LogP contribution in [0.15, 0.2) is 72.3 Å². The third-order valence-corrected chi connectivity index (χ3v) is 10.5. The van der Waals surface area contributed by atoms with Crippen LogP contribution in [0.3, 0.4) is 0 Å². The second kappa shape index (κ2) is 14.9. The van der Waals surface area contributed by atoms with Gasteiger partial charge in [-0.1, -0.05) is 29.8 Å². The van der Waals surface area contributed by atoms with E-state index >= 15 is 0 Å². The molecular formula is C43H48N2O7. The molecule has 4 aliphatic heterocycles. The lowest BCUT2D eigenvalue weighted by atomic mass is 9.87. The van der Waals surface area contributed by atoms with Gasteiger partial charge in [-0.2, -0.15) is 0 Å². The maximum Gasteiger partial charge on any atom is 0.315 e. The number of benzene rings is 4. The molecular weight excluding hydrogens is 656 g/mol. The fourth-order valence-electron chi connectivity index (χ4n) is 7.64. The number of carbonyl (C=O) groups is 1. The number of likely N-dealkylation sites (N-methyl/N-ethyl adjacent to an activating group) is 2. The molecule has 4 aliphatic rings. The zero-order valence-corrected chi connectivity index (χ0v) is 31.2. The summed E-state index contributed by atoms with van der Waals surface area (Å²) in [5, 5.41) is 0. The Balaban J connectivity index is 1.41. The second-order valence-corrected chi connectivity index (χ2v) is 14.2. The minimum absolute atomic E-state index is 0.0851. The Bertz CT molecular complexity index is 2000. The number of fused-ring (bicyclic) bond motifs is 2. The van der Waals surface area contributed by atoms with Gasteiger partial charge in [0.25, 0.3) is 0 Å². The zero-order valence-electron chi connectivity index (χ0n) is 31.2. The molecule has 0 N–H and O–H groups in total. The lowest BCUT2D eigenvalue weighted by Crippen LogP contribution is -2.34. The van der Waals surface area contributed by atoms with Crippen molar-refractivity contribution in [1.82, 2.24) is 9.80 Å². The minimum atomic E-state index is -0.345. The molecule has 0 spiro atoms. The third kappa shape index (κ3) is 7.07. The molecule has 9 nitrogen and oxygen atoms in total. The SMILES string of the molecule is COc1cc2c3cc1Oc1c(OC)c(OC)cc4c1[C@@H](Cc1ccc(OC(=O)CC=C(C)C)c(c1)Oc1ccc(cc1)C[C@@H]3N(C)CC2)N(C)CC4. The van der Waals surface area contributed by atoms with E-state index in [-0.39, 0.29) is 24.5 Å². The number of allylic oxidation sites excluding steroid dienone is 1.